The van der Waals surface area contributed by atoms with Crippen LogP contribution in [-0.4, -0.2) is 48.6 Å². The maximum Gasteiger partial charge on any atom is 0.184 e. The fraction of sp³-hybridized carbons (Fsp3) is 0.429. The number of nitrogens with one attached hydrogen (secondary N) is 1. The van der Waals surface area contributed by atoms with E-state index in [1.54, 1.807) is 0 Å². The Labute approximate surface area is 136 Å². The second-order valence-corrected chi connectivity index (χ2v) is 5.04. The third-order valence-electron chi connectivity index (χ3n) is 3.18. The molecule has 0 aromatic heterocycles. The summed E-state index contributed by atoms with van der Waals surface area (Å²) in [5, 5.41) is 4.51. The second-order valence-electron chi connectivity index (χ2n) is 4.60. The summed E-state index contributed by atoms with van der Waals surface area (Å²) in [6, 6.07) is 10.1. The zero-order valence-electron chi connectivity index (χ0n) is 11.8. The van der Waals surface area contributed by atoms with Gasteiger partial charge < -0.3 is 10.5 Å². The van der Waals surface area contributed by atoms with Gasteiger partial charge in [0, 0.05) is 26.1 Å². The number of rotatable bonds is 5. The summed E-state index contributed by atoms with van der Waals surface area (Å²) >= 11 is 4.81. The predicted molar refractivity (Wildman–Crippen MR) is 92.0 cm³/mol. The molecule has 7 heteroatoms. The van der Waals surface area contributed by atoms with Gasteiger partial charge in [0.2, 0.25) is 0 Å². The number of hydrogen-bond donors (Lipinski definition) is 2. The first-order chi connectivity index (χ1) is 9.75. The highest BCUT2D eigenvalue weighted by Crippen LogP contribution is 2.06. The summed E-state index contributed by atoms with van der Waals surface area (Å²) in [6.45, 7) is 4.53. The molecule has 5 nitrogen and oxygen atoms in total. The van der Waals surface area contributed by atoms with E-state index in [9.17, 15) is 0 Å². The van der Waals surface area contributed by atoms with Gasteiger partial charge in [-0.3, -0.25) is 10.3 Å². The highest BCUT2D eigenvalue weighted by atomic mass is 35.5. The Bertz CT molecular complexity index is 463. The lowest BCUT2D eigenvalue weighted by molar-refractivity contribution is 0.0392. The summed E-state index contributed by atoms with van der Waals surface area (Å²) in [5.41, 5.74) is 10.2. The van der Waals surface area contributed by atoms with Crippen molar-refractivity contribution < 1.29 is 4.74 Å². The molecule has 2 rings (SSSR count). The van der Waals surface area contributed by atoms with Gasteiger partial charge in [-0.25, -0.2) is 0 Å². The smallest absolute Gasteiger partial charge is 0.184 e. The molecule has 1 aliphatic rings. The first-order valence-corrected chi connectivity index (χ1v) is 7.14. The third-order valence-corrected chi connectivity index (χ3v) is 3.27. The van der Waals surface area contributed by atoms with Crippen molar-refractivity contribution in [3.63, 3.8) is 0 Å². The molecule has 1 aromatic rings. The first kappa shape index (κ1) is 17.8. The average molecular weight is 329 g/mol. The minimum Gasteiger partial charge on any atom is -0.379 e. The van der Waals surface area contributed by atoms with Crippen LogP contribution in [-0.2, 0) is 4.74 Å². The van der Waals surface area contributed by atoms with Gasteiger partial charge in [0.05, 0.1) is 18.9 Å². The molecular formula is C14H21ClN4OS. The Balaban J connectivity index is 0.00000220. The Morgan fingerprint density at radius 3 is 2.57 bits per heavy atom. The van der Waals surface area contributed by atoms with Crippen LogP contribution in [0.2, 0.25) is 0 Å². The van der Waals surface area contributed by atoms with Gasteiger partial charge >= 0.3 is 0 Å². The maximum absolute atomic E-state index is 5.44. The van der Waals surface area contributed by atoms with Crippen molar-refractivity contribution in [2.24, 2.45) is 10.8 Å². The zero-order valence-corrected chi connectivity index (χ0v) is 13.5. The van der Waals surface area contributed by atoms with E-state index in [1.807, 2.05) is 30.3 Å². The van der Waals surface area contributed by atoms with E-state index >= 15 is 0 Å². The quantitative estimate of drug-likeness (QED) is 0.485. The first-order valence-electron chi connectivity index (χ1n) is 6.73. The van der Waals surface area contributed by atoms with E-state index in [2.05, 4.69) is 15.4 Å². The van der Waals surface area contributed by atoms with Crippen LogP contribution in [0.3, 0.4) is 0 Å². The molecule has 1 fully saturated rings. The summed E-state index contributed by atoms with van der Waals surface area (Å²) in [7, 11) is 0. The molecule has 0 saturated carbocycles. The van der Waals surface area contributed by atoms with Crippen LogP contribution in [0.5, 0.6) is 0 Å². The lowest BCUT2D eigenvalue weighted by atomic mass is 10.1. The van der Waals surface area contributed by atoms with E-state index in [1.165, 1.54) is 0 Å². The molecular weight excluding hydrogens is 308 g/mol. The number of hydrazone groups is 1. The van der Waals surface area contributed by atoms with Crippen molar-refractivity contribution in [3.8, 4) is 0 Å². The molecule has 3 N–H and O–H groups in total. The lowest BCUT2D eigenvalue weighted by Gasteiger charge is -2.26. The van der Waals surface area contributed by atoms with Crippen LogP contribution >= 0.6 is 24.6 Å². The molecule has 0 amide bonds. The van der Waals surface area contributed by atoms with Crippen LogP contribution in [0.25, 0.3) is 0 Å². The highest BCUT2D eigenvalue weighted by Gasteiger charge is 2.12. The summed E-state index contributed by atoms with van der Waals surface area (Å²) in [4.78, 5) is 2.38. The van der Waals surface area contributed by atoms with Gasteiger partial charge in [0.25, 0.3) is 0 Å². The van der Waals surface area contributed by atoms with E-state index in [-0.39, 0.29) is 17.5 Å². The number of ether oxygens (including phenoxy) is 1. The Kier molecular flexibility index (Phi) is 8.22. The third kappa shape index (κ3) is 6.39. The van der Waals surface area contributed by atoms with Crippen LogP contribution < -0.4 is 11.2 Å². The van der Waals surface area contributed by atoms with Crippen molar-refractivity contribution in [1.29, 1.82) is 0 Å². The standard InChI is InChI=1S/C14H20N4OS.ClH/c15-14(20)17-16-13(12-4-2-1-3-5-12)6-7-18-8-10-19-11-9-18;/h1-5H,6-11H2,(H3,15,17,20);1H. The van der Waals surface area contributed by atoms with Gasteiger partial charge in [-0.1, -0.05) is 30.3 Å². The van der Waals surface area contributed by atoms with E-state index in [0.717, 1.165) is 50.5 Å². The molecule has 1 heterocycles. The Morgan fingerprint density at radius 2 is 1.95 bits per heavy atom. The zero-order chi connectivity index (χ0) is 14.2. The van der Waals surface area contributed by atoms with Crippen LogP contribution in [0, 0.1) is 0 Å². The van der Waals surface area contributed by atoms with Gasteiger partial charge in [0.1, 0.15) is 0 Å². The molecule has 0 unspecified atom stereocenters. The van der Waals surface area contributed by atoms with Gasteiger partial charge in [-0.05, 0) is 17.8 Å². The second kappa shape index (κ2) is 9.68. The number of halogens is 1. The average Bonchev–Trinajstić information content (AvgIpc) is 2.49. The molecule has 0 radical (unpaired) electrons. The summed E-state index contributed by atoms with van der Waals surface area (Å²) in [5.74, 6) is 0. The van der Waals surface area contributed by atoms with Gasteiger partial charge in [-0.15, -0.1) is 12.4 Å². The number of morpholine rings is 1. The number of benzene rings is 1. The van der Waals surface area contributed by atoms with E-state index < -0.39 is 0 Å². The molecule has 0 atom stereocenters. The van der Waals surface area contributed by atoms with E-state index in [0.29, 0.717) is 0 Å². The lowest BCUT2D eigenvalue weighted by Crippen LogP contribution is -2.37. The fourth-order valence-electron chi connectivity index (χ4n) is 2.11. The SMILES string of the molecule is Cl.NC(=S)NN=C(CCN1CCOCC1)c1ccccc1. The minimum atomic E-state index is 0. The van der Waals surface area contributed by atoms with Crippen LogP contribution in [0.4, 0.5) is 0 Å². The molecule has 21 heavy (non-hydrogen) atoms. The largest absolute Gasteiger partial charge is 0.379 e. The number of nitrogens with zero attached hydrogens (tertiary/aromatic N) is 2. The predicted octanol–water partition coefficient (Wildman–Crippen LogP) is 1.37. The maximum atomic E-state index is 5.44. The van der Waals surface area contributed by atoms with Crippen molar-refractivity contribution in [1.82, 2.24) is 10.3 Å². The summed E-state index contributed by atoms with van der Waals surface area (Å²) < 4.78 is 5.35. The highest BCUT2D eigenvalue weighted by molar-refractivity contribution is 7.80. The van der Waals surface area contributed by atoms with Gasteiger partial charge in [-0.2, -0.15) is 5.10 Å². The molecule has 0 aliphatic carbocycles. The van der Waals surface area contributed by atoms with Crippen molar-refractivity contribution >= 4 is 35.4 Å². The Hall–Kier alpha value is -1.21. The monoisotopic (exact) mass is 328 g/mol. The topological polar surface area (TPSA) is 62.9 Å². The molecule has 0 spiro atoms. The molecule has 116 valence electrons. The fourth-order valence-corrected chi connectivity index (χ4v) is 2.15. The van der Waals surface area contributed by atoms with Crippen molar-refractivity contribution in [2.75, 3.05) is 32.8 Å². The van der Waals surface area contributed by atoms with Crippen molar-refractivity contribution in [3.05, 3.63) is 35.9 Å². The molecule has 1 aromatic carbocycles. The molecule has 0 bridgehead atoms. The Morgan fingerprint density at radius 1 is 1.29 bits per heavy atom. The number of thiocarbonyl (C=S) groups is 1. The number of nitrogens with two attached hydrogens (primary N) is 1. The summed E-state index contributed by atoms with van der Waals surface area (Å²) in [6.07, 6.45) is 0.847. The molecule has 1 aliphatic heterocycles. The van der Waals surface area contributed by atoms with Crippen LogP contribution in [0.15, 0.2) is 35.4 Å². The number of hydrogen-bond acceptors (Lipinski definition) is 4. The minimum absolute atomic E-state index is 0. The molecule has 1 saturated heterocycles. The normalized spacial score (nSPS) is 16.1. The van der Waals surface area contributed by atoms with Crippen molar-refractivity contribution in [2.45, 2.75) is 6.42 Å². The van der Waals surface area contributed by atoms with E-state index in [4.69, 9.17) is 22.7 Å². The van der Waals surface area contributed by atoms with Gasteiger partial charge in [0.15, 0.2) is 5.11 Å². The van der Waals surface area contributed by atoms with Crippen LogP contribution in [0.1, 0.15) is 12.0 Å².